The van der Waals surface area contributed by atoms with E-state index in [1.807, 2.05) is 6.92 Å². The molecular weight excluding hydrogens is 246 g/mol. The minimum Gasteiger partial charge on any atom is -0.481 e. The van der Waals surface area contributed by atoms with Gasteiger partial charge in [-0.15, -0.1) is 0 Å². The summed E-state index contributed by atoms with van der Waals surface area (Å²) in [4.78, 5) is 14.7. The van der Waals surface area contributed by atoms with E-state index in [1.165, 1.54) is 0 Å². The van der Waals surface area contributed by atoms with Gasteiger partial charge in [-0.1, -0.05) is 6.92 Å². The first-order chi connectivity index (χ1) is 6.52. The number of hydrogen-bond acceptors (Lipinski definition) is 2. The third-order valence-electron chi connectivity index (χ3n) is 2.21. The van der Waals surface area contributed by atoms with Crippen molar-refractivity contribution in [3.63, 3.8) is 0 Å². The van der Waals surface area contributed by atoms with Crippen LogP contribution in [0.1, 0.15) is 18.1 Å². The topological polar surface area (TPSA) is 50.2 Å². The first-order valence-electron chi connectivity index (χ1n) is 4.34. The molecule has 0 amide bonds. The fraction of sp³-hybridized carbons (Fsp3) is 0.400. The zero-order valence-electron chi connectivity index (χ0n) is 8.12. The van der Waals surface area contributed by atoms with Crippen molar-refractivity contribution in [2.45, 2.75) is 20.3 Å². The van der Waals surface area contributed by atoms with Gasteiger partial charge in [-0.3, -0.25) is 9.78 Å². The van der Waals surface area contributed by atoms with E-state index in [0.29, 0.717) is 6.42 Å². The van der Waals surface area contributed by atoms with Gasteiger partial charge in [0.25, 0.3) is 0 Å². The first kappa shape index (κ1) is 11.2. The molecule has 0 saturated heterocycles. The summed E-state index contributed by atoms with van der Waals surface area (Å²) in [6.07, 6.45) is 3.96. The Hall–Kier alpha value is -0.900. The quantitative estimate of drug-likeness (QED) is 0.905. The summed E-state index contributed by atoms with van der Waals surface area (Å²) < 4.78 is 0.924. The maximum Gasteiger partial charge on any atom is 0.306 e. The van der Waals surface area contributed by atoms with E-state index in [2.05, 4.69) is 20.9 Å². The van der Waals surface area contributed by atoms with Crippen LogP contribution in [0.4, 0.5) is 0 Å². The van der Waals surface area contributed by atoms with Crippen LogP contribution in [0, 0.1) is 12.8 Å². The lowest BCUT2D eigenvalue weighted by Crippen LogP contribution is -2.13. The van der Waals surface area contributed by atoms with E-state index in [0.717, 1.165) is 15.6 Å². The van der Waals surface area contributed by atoms with E-state index in [1.54, 1.807) is 19.3 Å². The Morgan fingerprint density at radius 2 is 2.29 bits per heavy atom. The van der Waals surface area contributed by atoms with Crippen molar-refractivity contribution < 1.29 is 9.90 Å². The third-order valence-corrected chi connectivity index (χ3v) is 3.01. The van der Waals surface area contributed by atoms with Crippen molar-refractivity contribution in [2.24, 2.45) is 5.92 Å². The van der Waals surface area contributed by atoms with Crippen LogP contribution in [0.5, 0.6) is 0 Å². The Labute approximate surface area is 91.3 Å². The van der Waals surface area contributed by atoms with Crippen LogP contribution in [0.15, 0.2) is 16.9 Å². The van der Waals surface area contributed by atoms with Crippen molar-refractivity contribution in [1.82, 2.24) is 4.98 Å². The van der Waals surface area contributed by atoms with Gasteiger partial charge in [0.1, 0.15) is 0 Å². The van der Waals surface area contributed by atoms with Crippen molar-refractivity contribution in [3.8, 4) is 0 Å². The molecule has 0 spiro atoms. The number of hydrogen-bond donors (Lipinski definition) is 1. The van der Waals surface area contributed by atoms with E-state index in [4.69, 9.17) is 5.11 Å². The zero-order chi connectivity index (χ0) is 10.7. The lowest BCUT2D eigenvalue weighted by molar-refractivity contribution is -0.141. The molecule has 1 atom stereocenters. The standard InChI is InChI=1S/C10H12BrNO2/c1-6(10(13)14)3-8-4-12-5-9(11)7(8)2/h4-6H,3H2,1-2H3,(H,13,14). The van der Waals surface area contributed by atoms with Crippen molar-refractivity contribution >= 4 is 21.9 Å². The van der Waals surface area contributed by atoms with Gasteiger partial charge in [0.05, 0.1) is 5.92 Å². The molecule has 1 unspecified atom stereocenters. The van der Waals surface area contributed by atoms with Crippen LogP contribution in [0.25, 0.3) is 0 Å². The third kappa shape index (κ3) is 2.54. The van der Waals surface area contributed by atoms with E-state index in [9.17, 15) is 4.79 Å². The first-order valence-corrected chi connectivity index (χ1v) is 5.13. The molecule has 0 aromatic carbocycles. The predicted octanol–water partition coefficient (Wildman–Crippen LogP) is 2.42. The maximum absolute atomic E-state index is 10.7. The largest absolute Gasteiger partial charge is 0.481 e. The van der Waals surface area contributed by atoms with Crippen LogP contribution < -0.4 is 0 Å². The smallest absolute Gasteiger partial charge is 0.306 e. The zero-order valence-corrected chi connectivity index (χ0v) is 9.71. The molecule has 1 aromatic rings. The SMILES string of the molecule is Cc1c(Br)cncc1CC(C)C(=O)O. The second-order valence-electron chi connectivity index (χ2n) is 3.35. The Kier molecular flexibility index (Phi) is 3.63. The van der Waals surface area contributed by atoms with Gasteiger partial charge in [0.2, 0.25) is 0 Å². The van der Waals surface area contributed by atoms with Crippen molar-refractivity contribution in [1.29, 1.82) is 0 Å². The van der Waals surface area contributed by atoms with E-state index >= 15 is 0 Å². The molecule has 1 heterocycles. The Bertz CT molecular complexity index is 352. The summed E-state index contributed by atoms with van der Waals surface area (Å²) >= 11 is 3.36. The summed E-state index contributed by atoms with van der Waals surface area (Å²) in [5.41, 5.74) is 2.04. The van der Waals surface area contributed by atoms with E-state index < -0.39 is 5.97 Å². The summed E-state index contributed by atoms with van der Waals surface area (Å²) in [7, 11) is 0. The summed E-state index contributed by atoms with van der Waals surface area (Å²) in [6, 6.07) is 0. The van der Waals surface area contributed by atoms with Crippen molar-refractivity contribution in [2.75, 3.05) is 0 Å². The molecule has 0 fully saturated rings. The fourth-order valence-electron chi connectivity index (χ4n) is 1.16. The molecule has 1 aromatic heterocycles. The Balaban J connectivity index is 2.87. The lowest BCUT2D eigenvalue weighted by atomic mass is 10.00. The Morgan fingerprint density at radius 1 is 1.64 bits per heavy atom. The number of rotatable bonds is 3. The summed E-state index contributed by atoms with van der Waals surface area (Å²) in [5.74, 6) is -1.14. The van der Waals surface area contributed by atoms with Crippen LogP contribution in [0.3, 0.4) is 0 Å². The number of carboxylic acid groups (broad SMARTS) is 1. The maximum atomic E-state index is 10.7. The fourth-order valence-corrected chi connectivity index (χ4v) is 1.54. The van der Waals surface area contributed by atoms with Gasteiger partial charge in [-0.2, -0.15) is 0 Å². The molecule has 76 valence electrons. The average molecular weight is 258 g/mol. The molecule has 4 heteroatoms. The number of aliphatic carboxylic acids is 1. The second-order valence-corrected chi connectivity index (χ2v) is 4.20. The van der Waals surface area contributed by atoms with Gasteiger partial charge in [-0.05, 0) is 40.4 Å². The molecule has 0 bridgehead atoms. The van der Waals surface area contributed by atoms with Gasteiger partial charge in [0, 0.05) is 16.9 Å². The number of halogens is 1. The highest BCUT2D eigenvalue weighted by atomic mass is 79.9. The van der Waals surface area contributed by atoms with Gasteiger partial charge >= 0.3 is 5.97 Å². The van der Waals surface area contributed by atoms with Gasteiger partial charge in [0.15, 0.2) is 0 Å². The highest BCUT2D eigenvalue weighted by molar-refractivity contribution is 9.10. The molecule has 0 aliphatic heterocycles. The number of nitrogens with zero attached hydrogens (tertiary/aromatic N) is 1. The van der Waals surface area contributed by atoms with Crippen LogP contribution in [0.2, 0.25) is 0 Å². The molecule has 3 nitrogen and oxygen atoms in total. The minimum atomic E-state index is -0.774. The number of aromatic nitrogens is 1. The molecule has 0 aliphatic rings. The molecule has 14 heavy (non-hydrogen) atoms. The molecule has 0 saturated carbocycles. The van der Waals surface area contributed by atoms with Crippen LogP contribution in [-0.2, 0) is 11.2 Å². The number of carbonyl (C=O) groups is 1. The normalized spacial score (nSPS) is 12.5. The predicted molar refractivity (Wildman–Crippen MR) is 57.2 cm³/mol. The van der Waals surface area contributed by atoms with Crippen LogP contribution >= 0.6 is 15.9 Å². The molecule has 0 radical (unpaired) electrons. The monoisotopic (exact) mass is 257 g/mol. The number of pyridine rings is 1. The lowest BCUT2D eigenvalue weighted by Gasteiger charge is -2.09. The minimum absolute atomic E-state index is 0.371. The Morgan fingerprint density at radius 3 is 2.86 bits per heavy atom. The van der Waals surface area contributed by atoms with Crippen LogP contribution in [-0.4, -0.2) is 16.1 Å². The van der Waals surface area contributed by atoms with E-state index in [-0.39, 0.29) is 5.92 Å². The summed E-state index contributed by atoms with van der Waals surface area (Å²) in [5, 5.41) is 8.77. The molecule has 1 N–H and O–H groups in total. The molecular formula is C10H12BrNO2. The van der Waals surface area contributed by atoms with Gasteiger partial charge in [-0.25, -0.2) is 0 Å². The summed E-state index contributed by atoms with van der Waals surface area (Å²) in [6.45, 7) is 3.65. The highest BCUT2D eigenvalue weighted by Crippen LogP contribution is 2.20. The van der Waals surface area contributed by atoms with Gasteiger partial charge < -0.3 is 5.11 Å². The molecule has 1 rings (SSSR count). The molecule has 0 aliphatic carbocycles. The van der Waals surface area contributed by atoms with Crippen molar-refractivity contribution in [3.05, 3.63) is 28.0 Å². The average Bonchev–Trinajstić information content (AvgIpc) is 2.12. The highest BCUT2D eigenvalue weighted by Gasteiger charge is 2.13. The second kappa shape index (κ2) is 4.55. The number of carboxylic acids is 1.